The first-order valence-electron chi connectivity index (χ1n) is 28.6. The Morgan fingerprint density at radius 3 is 0.672 bits per heavy atom. The third-order valence-corrected chi connectivity index (χ3v) is 13.1. The van der Waals surface area contributed by atoms with Crippen molar-refractivity contribution < 1.29 is 28.6 Å². The van der Waals surface area contributed by atoms with Crippen molar-refractivity contribution in [2.75, 3.05) is 13.2 Å². The van der Waals surface area contributed by atoms with Gasteiger partial charge in [0.05, 0.1) is 0 Å². The van der Waals surface area contributed by atoms with E-state index in [0.29, 0.717) is 19.3 Å². The summed E-state index contributed by atoms with van der Waals surface area (Å²) in [5.41, 5.74) is 0. The lowest BCUT2D eigenvalue weighted by Gasteiger charge is -2.18. The minimum absolute atomic E-state index is 0.0636. The average Bonchev–Trinajstić information content (AvgIpc) is 3.25. The fourth-order valence-electron chi connectivity index (χ4n) is 8.82. The van der Waals surface area contributed by atoms with E-state index in [1.54, 1.807) is 0 Å². The van der Waals surface area contributed by atoms with E-state index >= 15 is 0 Å². The summed E-state index contributed by atoms with van der Waals surface area (Å²) in [6.07, 6.45) is 50.9. The maximum absolute atomic E-state index is 12.8. The summed E-state index contributed by atoms with van der Waals surface area (Å²) in [6.45, 7) is 13.8. The van der Waals surface area contributed by atoms with Gasteiger partial charge >= 0.3 is 17.9 Å². The SMILES string of the molecule is CC(C)CCCCCCCCCCCCCCCCC(=O)OC[C@@H](COC(=O)CCCCCCCCCCCCCC(C)C)OC(=O)CCCCCCCCCCCCCCC(C)C. The molecule has 0 aliphatic carbocycles. The molecule has 6 nitrogen and oxygen atoms in total. The minimum Gasteiger partial charge on any atom is -0.462 e. The molecule has 0 spiro atoms. The van der Waals surface area contributed by atoms with Crippen LogP contribution in [-0.4, -0.2) is 37.2 Å². The van der Waals surface area contributed by atoms with Gasteiger partial charge in [-0.1, -0.05) is 279 Å². The van der Waals surface area contributed by atoms with E-state index in [9.17, 15) is 14.4 Å². The highest BCUT2D eigenvalue weighted by Crippen LogP contribution is 2.18. The van der Waals surface area contributed by atoms with Gasteiger partial charge in [-0.05, 0) is 37.0 Å². The van der Waals surface area contributed by atoms with Gasteiger partial charge in [-0.25, -0.2) is 0 Å². The van der Waals surface area contributed by atoms with Crippen LogP contribution in [0.3, 0.4) is 0 Å². The van der Waals surface area contributed by atoms with Crippen molar-refractivity contribution in [2.24, 2.45) is 17.8 Å². The molecule has 1 atom stereocenters. The van der Waals surface area contributed by atoms with E-state index in [2.05, 4.69) is 41.5 Å². The molecule has 0 fully saturated rings. The molecule has 0 aromatic rings. The van der Waals surface area contributed by atoms with Crippen molar-refractivity contribution in [3.05, 3.63) is 0 Å². The van der Waals surface area contributed by atoms with Crippen molar-refractivity contribution in [3.8, 4) is 0 Å². The minimum atomic E-state index is -0.763. The van der Waals surface area contributed by atoms with Crippen LogP contribution in [0.2, 0.25) is 0 Å². The monoisotopic (exact) mass is 905 g/mol. The molecule has 0 aliphatic heterocycles. The first-order chi connectivity index (χ1) is 31.1. The summed E-state index contributed by atoms with van der Waals surface area (Å²) in [7, 11) is 0. The normalized spacial score (nSPS) is 12.1. The number of ether oxygens (including phenoxy) is 3. The van der Waals surface area contributed by atoms with Gasteiger partial charge in [0.25, 0.3) is 0 Å². The molecule has 0 heterocycles. The molecular weight excluding hydrogens is 793 g/mol. The molecule has 0 saturated heterocycles. The Morgan fingerprint density at radius 2 is 0.453 bits per heavy atom. The van der Waals surface area contributed by atoms with Crippen LogP contribution in [0.1, 0.15) is 318 Å². The third kappa shape index (κ3) is 51.4. The highest BCUT2D eigenvalue weighted by atomic mass is 16.6. The van der Waals surface area contributed by atoms with Crippen LogP contribution in [0.4, 0.5) is 0 Å². The fraction of sp³-hybridized carbons (Fsp3) is 0.948. The van der Waals surface area contributed by atoms with Crippen LogP contribution in [0.15, 0.2) is 0 Å². The molecule has 0 aromatic carbocycles. The van der Waals surface area contributed by atoms with Crippen molar-refractivity contribution in [1.29, 1.82) is 0 Å². The lowest BCUT2D eigenvalue weighted by Crippen LogP contribution is -2.30. The fourth-order valence-corrected chi connectivity index (χ4v) is 8.82. The number of carbonyl (C=O) groups excluding carboxylic acids is 3. The lowest BCUT2D eigenvalue weighted by atomic mass is 10.0. The molecule has 0 saturated carbocycles. The predicted octanol–water partition coefficient (Wildman–Crippen LogP) is 18.7. The largest absolute Gasteiger partial charge is 0.462 e. The first-order valence-corrected chi connectivity index (χ1v) is 28.6. The second-order valence-corrected chi connectivity index (χ2v) is 21.4. The van der Waals surface area contributed by atoms with Crippen molar-refractivity contribution in [3.63, 3.8) is 0 Å². The van der Waals surface area contributed by atoms with Crippen LogP contribution in [-0.2, 0) is 28.6 Å². The maximum atomic E-state index is 12.8. The predicted molar refractivity (Wildman–Crippen MR) is 275 cm³/mol. The van der Waals surface area contributed by atoms with E-state index in [4.69, 9.17) is 14.2 Å². The average molecular weight is 906 g/mol. The Balaban J connectivity index is 4.31. The van der Waals surface area contributed by atoms with Crippen LogP contribution in [0.25, 0.3) is 0 Å². The number of unbranched alkanes of at least 4 members (excludes halogenated alkanes) is 34. The molecule has 0 radical (unpaired) electrons. The molecule has 380 valence electrons. The van der Waals surface area contributed by atoms with Crippen LogP contribution < -0.4 is 0 Å². The summed E-state index contributed by atoms with van der Waals surface area (Å²) in [4.78, 5) is 38.1. The van der Waals surface area contributed by atoms with E-state index in [1.807, 2.05) is 0 Å². The van der Waals surface area contributed by atoms with Crippen molar-refractivity contribution in [1.82, 2.24) is 0 Å². The zero-order chi connectivity index (χ0) is 47.0. The first kappa shape index (κ1) is 62.4. The molecule has 0 aliphatic rings. The number of hydrogen-bond acceptors (Lipinski definition) is 6. The second kappa shape index (κ2) is 49.3. The molecular formula is C58H112O6. The van der Waals surface area contributed by atoms with Gasteiger partial charge in [0.15, 0.2) is 6.10 Å². The Bertz CT molecular complexity index is 991. The lowest BCUT2D eigenvalue weighted by molar-refractivity contribution is -0.167. The second-order valence-electron chi connectivity index (χ2n) is 21.4. The smallest absolute Gasteiger partial charge is 0.306 e. The molecule has 0 aromatic heterocycles. The van der Waals surface area contributed by atoms with Crippen molar-refractivity contribution in [2.45, 2.75) is 324 Å². The Kier molecular flexibility index (Phi) is 48.1. The number of carbonyl (C=O) groups is 3. The van der Waals surface area contributed by atoms with Gasteiger partial charge in [-0.3, -0.25) is 14.4 Å². The molecule has 64 heavy (non-hydrogen) atoms. The van der Waals surface area contributed by atoms with Gasteiger partial charge in [0.2, 0.25) is 0 Å². The molecule has 0 amide bonds. The summed E-state index contributed by atoms with van der Waals surface area (Å²) in [5, 5.41) is 0. The molecule has 0 N–H and O–H groups in total. The van der Waals surface area contributed by atoms with E-state index in [0.717, 1.165) is 75.5 Å². The Morgan fingerprint density at radius 1 is 0.266 bits per heavy atom. The van der Waals surface area contributed by atoms with Gasteiger partial charge in [0.1, 0.15) is 13.2 Å². The van der Waals surface area contributed by atoms with E-state index in [1.165, 1.54) is 199 Å². The number of rotatable bonds is 51. The quantitative estimate of drug-likeness (QED) is 0.0344. The Hall–Kier alpha value is -1.59. The summed E-state index contributed by atoms with van der Waals surface area (Å²) < 4.78 is 16.9. The summed E-state index contributed by atoms with van der Waals surface area (Å²) in [6, 6.07) is 0. The zero-order valence-electron chi connectivity index (χ0n) is 44.1. The number of hydrogen-bond donors (Lipinski definition) is 0. The highest BCUT2D eigenvalue weighted by Gasteiger charge is 2.19. The molecule has 0 bridgehead atoms. The standard InChI is InChI=1S/C58H112O6/c1-52(2)44-38-32-26-20-14-9-7-8-10-17-23-29-35-41-47-56(59)62-50-55(51-63-57(60)48-42-36-30-24-19-13-16-22-28-34-40-46-54(5)6)64-58(61)49-43-37-31-25-18-12-11-15-21-27-33-39-45-53(3)4/h52-55H,7-51H2,1-6H3/t55-/m0/s1. The van der Waals surface area contributed by atoms with Gasteiger partial charge < -0.3 is 14.2 Å². The third-order valence-electron chi connectivity index (χ3n) is 13.1. The van der Waals surface area contributed by atoms with Crippen molar-refractivity contribution >= 4 is 17.9 Å². The zero-order valence-corrected chi connectivity index (χ0v) is 44.1. The molecule has 6 heteroatoms. The van der Waals surface area contributed by atoms with Gasteiger partial charge in [-0.2, -0.15) is 0 Å². The summed E-state index contributed by atoms with van der Waals surface area (Å²) >= 11 is 0. The van der Waals surface area contributed by atoms with E-state index < -0.39 is 6.10 Å². The number of esters is 3. The van der Waals surface area contributed by atoms with Crippen LogP contribution in [0, 0.1) is 17.8 Å². The highest BCUT2D eigenvalue weighted by molar-refractivity contribution is 5.71. The molecule has 0 rings (SSSR count). The van der Waals surface area contributed by atoms with Crippen LogP contribution in [0.5, 0.6) is 0 Å². The topological polar surface area (TPSA) is 78.9 Å². The van der Waals surface area contributed by atoms with Gasteiger partial charge in [-0.15, -0.1) is 0 Å². The molecule has 0 unspecified atom stereocenters. The van der Waals surface area contributed by atoms with Gasteiger partial charge in [0, 0.05) is 19.3 Å². The summed E-state index contributed by atoms with van der Waals surface area (Å²) in [5.74, 6) is 1.66. The maximum Gasteiger partial charge on any atom is 0.306 e. The Labute approximate surface area is 399 Å². The van der Waals surface area contributed by atoms with E-state index in [-0.39, 0.29) is 31.1 Å². The van der Waals surface area contributed by atoms with Crippen LogP contribution >= 0.6 is 0 Å².